The first-order chi connectivity index (χ1) is 7.06. The third-order valence-corrected chi connectivity index (χ3v) is 3.79. The maximum Gasteiger partial charge on any atom is 0.215 e. The monoisotopic (exact) mass is 232 g/mol. The summed E-state index contributed by atoms with van der Waals surface area (Å²) in [6.07, 6.45) is 3.24. The van der Waals surface area contributed by atoms with E-state index in [1.54, 1.807) is 26.4 Å². The lowest BCUT2D eigenvalue weighted by Crippen LogP contribution is -2.37. The Morgan fingerprint density at radius 3 is 2.87 bits per heavy atom. The number of nitrogens with one attached hydrogen (secondary N) is 3. The Hall–Kier alpha value is -0.920. The van der Waals surface area contributed by atoms with Crippen molar-refractivity contribution in [1.29, 1.82) is 0 Å². The summed E-state index contributed by atoms with van der Waals surface area (Å²) in [5.74, 6) is 0.607. The summed E-state index contributed by atoms with van der Waals surface area (Å²) >= 11 is 0. The highest BCUT2D eigenvalue weighted by Crippen LogP contribution is 1.98. The molecule has 3 N–H and O–H groups in total. The molecule has 0 saturated heterocycles. The van der Waals surface area contributed by atoms with Crippen molar-refractivity contribution in [2.75, 3.05) is 13.6 Å². The van der Waals surface area contributed by atoms with E-state index in [1.165, 1.54) is 0 Å². The first-order valence-electron chi connectivity index (χ1n) is 4.67. The summed E-state index contributed by atoms with van der Waals surface area (Å²) in [6.45, 7) is 2.28. The third kappa shape index (κ3) is 3.61. The van der Waals surface area contributed by atoms with Crippen LogP contribution in [-0.2, 0) is 16.6 Å². The molecule has 1 unspecified atom stereocenters. The van der Waals surface area contributed by atoms with Crippen LogP contribution in [0.2, 0.25) is 0 Å². The van der Waals surface area contributed by atoms with E-state index < -0.39 is 15.3 Å². The Labute approximate surface area is 89.5 Å². The summed E-state index contributed by atoms with van der Waals surface area (Å²) < 4.78 is 25.7. The average molecular weight is 232 g/mol. The molecular formula is C8H16N4O2S. The lowest BCUT2D eigenvalue weighted by atomic mass is 10.5. The fraction of sp³-hybridized carbons (Fsp3) is 0.625. The first-order valence-corrected chi connectivity index (χ1v) is 6.22. The van der Waals surface area contributed by atoms with Gasteiger partial charge in [0.05, 0.1) is 11.8 Å². The van der Waals surface area contributed by atoms with Crippen molar-refractivity contribution in [2.24, 2.45) is 0 Å². The normalized spacial score (nSPS) is 14.0. The maximum atomic E-state index is 11.6. The van der Waals surface area contributed by atoms with Gasteiger partial charge >= 0.3 is 0 Å². The molecule has 0 aliphatic carbocycles. The van der Waals surface area contributed by atoms with Crippen LogP contribution in [0.25, 0.3) is 0 Å². The number of H-pyrrole nitrogens is 1. The van der Waals surface area contributed by atoms with Crippen molar-refractivity contribution in [3.8, 4) is 0 Å². The quantitative estimate of drug-likeness (QED) is 0.613. The van der Waals surface area contributed by atoms with Gasteiger partial charge in [-0.15, -0.1) is 0 Å². The zero-order chi connectivity index (χ0) is 11.3. The van der Waals surface area contributed by atoms with E-state index in [0.717, 1.165) is 0 Å². The topological polar surface area (TPSA) is 86.9 Å². The molecule has 0 amide bonds. The average Bonchev–Trinajstić information content (AvgIpc) is 2.68. The number of imidazole rings is 1. The van der Waals surface area contributed by atoms with Crippen LogP contribution in [0.3, 0.4) is 0 Å². The zero-order valence-electron chi connectivity index (χ0n) is 8.82. The fourth-order valence-corrected chi connectivity index (χ4v) is 2.11. The number of rotatable bonds is 6. The van der Waals surface area contributed by atoms with E-state index in [2.05, 4.69) is 20.0 Å². The highest BCUT2D eigenvalue weighted by Gasteiger charge is 2.19. The predicted octanol–water partition coefficient (Wildman–Crippen LogP) is -0.563. The van der Waals surface area contributed by atoms with Crippen molar-refractivity contribution >= 4 is 10.0 Å². The summed E-state index contributed by atoms with van der Waals surface area (Å²) in [5, 5.41) is 2.36. The number of aromatic amines is 1. The Kier molecular flexibility index (Phi) is 4.25. The first kappa shape index (κ1) is 12.2. The molecule has 1 rings (SSSR count). The molecular weight excluding hydrogens is 216 g/mol. The van der Waals surface area contributed by atoms with Gasteiger partial charge in [0, 0.05) is 18.9 Å². The molecule has 0 fully saturated rings. The van der Waals surface area contributed by atoms with Gasteiger partial charge in [0.15, 0.2) is 0 Å². The maximum absolute atomic E-state index is 11.6. The van der Waals surface area contributed by atoms with Gasteiger partial charge in [-0.2, -0.15) is 0 Å². The molecule has 6 nitrogen and oxygen atoms in total. The fourth-order valence-electron chi connectivity index (χ4n) is 1.10. The van der Waals surface area contributed by atoms with Gasteiger partial charge in [0.25, 0.3) is 0 Å². The van der Waals surface area contributed by atoms with Gasteiger partial charge in [0.2, 0.25) is 10.0 Å². The number of aromatic nitrogens is 2. The summed E-state index contributed by atoms with van der Waals surface area (Å²) in [4.78, 5) is 6.75. The van der Waals surface area contributed by atoms with Crippen molar-refractivity contribution in [2.45, 2.75) is 18.7 Å². The second-order valence-corrected chi connectivity index (χ2v) is 5.45. The van der Waals surface area contributed by atoms with Gasteiger partial charge < -0.3 is 10.3 Å². The van der Waals surface area contributed by atoms with E-state index in [-0.39, 0.29) is 6.54 Å². The van der Waals surface area contributed by atoms with Crippen LogP contribution < -0.4 is 10.0 Å². The SMILES string of the molecule is CNCC(C)S(=O)(=O)NCc1ncc[nH]1. The molecule has 7 heteroatoms. The van der Waals surface area contributed by atoms with E-state index >= 15 is 0 Å². The van der Waals surface area contributed by atoms with Crippen molar-refractivity contribution in [1.82, 2.24) is 20.0 Å². The molecule has 1 aromatic heterocycles. The Balaban J connectivity index is 2.50. The molecule has 1 atom stereocenters. The lowest BCUT2D eigenvalue weighted by molar-refractivity contribution is 0.562. The largest absolute Gasteiger partial charge is 0.347 e. The van der Waals surface area contributed by atoms with Crippen LogP contribution in [0.1, 0.15) is 12.7 Å². The number of sulfonamides is 1. The van der Waals surface area contributed by atoms with Crippen LogP contribution in [0.5, 0.6) is 0 Å². The Morgan fingerprint density at radius 2 is 2.33 bits per heavy atom. The second-order valence-electron chi connectivity index (χ2n) is 3.27. The predicted molar refractivity (Wildman–Crippen MR) is 57.7 cm³/mol. The van der Waals surface area contributed by atoms with E-state index in [9.17, 15) is 8.42 Å². The number of hydrogen-bond donors (Lipinski definition) is 3. The van der Waals surface area contributed by atoms with Crippen LogP contribution in [0.4, 0.5) is 0 Å². The number of nitrogens with zero attached hydrogens (tertiary/aromatic N) is 1. The van der Waals surface area contributed by atoms with E-state index in [0.29, 0.717) is 12.4 Å². The van der Waals surface area contributed by atoms with E-state index in [1.807, 2.05) is 0 Å². The molecule has 15 heavy (non-hydrogen) atoms. The lowest BCUT2D eigenvalue weighted by Gasteiger charge is -2.12. The van der Waals surface area contributed by atoms with E-state index in [4.69, 9.17) is 0 Å². The van der Waals surface area contributed by atoms with Gasteiger partial charge in [0.1, 0.15) is 5.82 Å². The molecule has 0 bridgehead atoms. The molecule has 0 aromatic carbocycles. The van der Waals surface area contributed by atoms with Gasteiger partial charge in [-0.1, -0.05) is 0 Å². The van der Waals surface area contributed by atoms with Crippen molar-refractivity contribution in [3.05, 3.63) is 18.2 Å². The Bertz CT molecular complexity index is 373. The summed E-state index contributed by atoms with van der Waals surface area (Å²) in [5.41, 5.74) is 0. The van der Waals surface area contributed by atoms with Gasteiger partial charge in [-0.3, -0.25) is 0 Å². The van der Waals surface area contributed by atoms with Crippen LogP contribution in [0.15, 0.2) is 12.4 Å². The standard InChI is InChI=1S/C8H16N4O2S/c1-7(5-9-2)15(13,14)12-6-8-10-3-4-11-8/h3-4,7,9,12H,5-6H2,1-2H3,(H,10,11). The van der Waals surface area contributed by atoms with Crippen LogP contribution in [-0.4, -0.2) is 37.2 Å². The Morgan fingerprint density at radius 1 is 1.60 bits per heavy atom. The highest BCUT2D eigenvalue weighted by atomic mass is 32.2. The van der Waals surface area contributed by atoms with Crippen molar-refractivity contribution < 1.29 is 8.42 Å². The van der Waals surface area contributed by atoms with Gasteiger partial charge in [-0.25, -0.2) is 18.1 Å². The summed E-state index contributed by atoms with van der Waals surface area (Å²) in [6, 6.07) is 0. The van der Waals surface area contributed by atoms with Crippen LogP contribution >= 0.6 is 0 Å². The van der Waals surface area contributed by atoms with Gasteiger partial charge in [-0.05, 0) is 14.0 Å². The minimum atomic E-state index is -3.27. The summed E-state index contributed by atoms with van der Waals surface area (Å²) in [7, 11) is -1.55. The molecule has 1 aromatic rings. The third-order valence-electron chi connectivity index (χ3n) is 2.02. The second kappa shape index (κ2) is 5.24. The number of hydrogen-bond acceptors (Lipinski definition) is 4. The molecule has 0 saturated carbocycles. The minimum Gasteiger partial charge on any atom is -0.347 e. The molecule has 1 heterocycles. The smallest absolute Gasteiger partial charge is 0.215 e. The minimum absolute atomic E-state index is 0.198. The molecule has 0 aliphatic heterocycles. The molecule has 0 radical (unpaired) electrons. The van der Waals surface area contributed by atoms with Crippen LogP contribution in [0, 0.1) is 0 Å². The molecule has 0 aliphatic rings. The zero-order valence-corrected chi connectivity index (χ0v) is 9.63. The molecule has 0 spiro atoms. The highest BCUT2D eigenvalue weighted by molar-refractivity contribution is 7.90. The van der Waals surface area contributed by atoms with Crippen molar-refractivity contribution in [3.63, 3.8) is 0 Å². The molecule has 86 valence electrons.